The number of Topliss-reactive ketones (excluding diaryl/α,β-unsaturated/α-hetero) is 1. The lowest BCUT2D eigenvalue weighted by Gasteiger charge is -2.30. The molecule has 1 fully saturated rings. The number of fused-ring (bicyclic) bond motifs is 1. The van der Waals surface area contributed by atoms with Crippen molar-refractivity contribution in [3.05, 3.63) is 23.8 Å². The largest absolute Gasteiger partial charge is 0.399 e. The number of ketones is 1. The lowest BCUT2D eigenvalue weighted by atomic mass is 10.1. The number of ether oxygens (including phenoxy) is 1. The molecule has 1 aromatic rings. The van der Waals surface area contributed by atoms with Crippen LogP contribution >= 0.6 is 0 Å². The Morgan fingerprint density at radius 1 is 1.21 bits per heavy atom. The van der Waals surface area contributed by atoms with Gasteiger partial charge in [0.25, 0.3) is 5.78 Å². The molecule has 0 aliphatic carbocycles. The predicted octanol–water partition coefficient (Wildman–Crippen LogP) is 0.0878. The van der Waals surface area contributed by atoms with Gasteiger partial charge in [0.2, 0.25) is 0 Å². The Morgan fingerprint density at radius 3 is 2.68 bits per heavy atom. The van der Waals surface area contributed by atoms with Gasteiger partial charge in [-0.3, -0.25) is 19.4 Å². The van der Waals surface area contributed by atoms with Crippen LogP contribution in [0.5, 0.6) is 0 Å². The summed E-state index contributed by atoms with van der Waals surface area (Å²) in [5.74, 6) is -0.956. The minimum absolute atomic E-state index is 0.401. The van der Waals surface area contributed by atoms with E-state index in [1.54, 1.807) is 18.2 Å². The highest BCUT2D eigenvalue weighted by atomic mass is 16.5. The number of rotatable bonds is 2. The number of hydrogen-bond acceptors (Lipinski definition) is 5. The molecule has 0 aromatic heterocycles. The molecule has 0 spiro atoms. The van der Waals surface area contributed by atoms with Gasteiger partial charge >= 0.3 is 5.91 Å². The van der Waals surface area contributed by atoms with Gasteiger partial charge in [-0.1, -0.05) is 0 Å². The second kappa shape index (κ2) is 4.64. The molecular weight excluding hydrogens is 246 g/mol. The van der Waals surface area contributed by atoms with Crippen molar-refractivity contribution in [3.63, 3.8) is 0 Å². The monoisotopic (exact) mass is 261 g/mol. The average Bonchev–Trinajstić information content (AvgIpc) is 2.65. The zero-order valence-corrected chi connectivity index (χ0v) is 10.5. The number of morpholine rings is 1. The van der Waals surface area contributed by atoms with Gasteiger partial charge in [-0.2, -0.15) is 0 Å². The van der Waals surface area contributed by atoms with Gasteiger partial charge in [0.1, 0.15) is 0 Å². The van der Waals surface area contributed by atoms with Crippen LogP contribution in [-0.2, 0) is 9.53 Å². The van der Waals surface area contributed by atoms with Crippen molar-refractivity contribution in [2.45, 2.75) is 0 Å². The fraction of sp³-hybridized carbons (Fsp3) is 0.385. The Hall–Kier alpha value is -1.92. The first kappa shape index (κ1) is 12.1. The third kappa shape index (κ3) is 2.09. The second-order valence-corrected chi connectivity index (χ2v) is 4.71. The molecule has 0 atom stereocenters. The molecule has 19 heavy (non-hydrogen) atoms. The van der Waals surface area contributed by atoms with Gasteiger partial charge in [0.05, 0.1) is 31.1 Å². The van der Waals surface area contributed by atoms with Gasteiger partial charge in [-0.25, -0.2) is 0 Å². The van der Waals surface area contributed by atoms with E-state index in [-0.39, 0.29) is 0 Å². The molecule has 2 aliphatic heterocycles. The molecule has 1 aromatic carbocycles. The number of nitrogens with two attached hydrogens (primary N) is 1. The van der Waals surface area contributed by atoms with Crippen LogP contribution in [0.15, 0.2) is 18.2 Å². The summed E-state index contributed by atoms with van der Waals surface area (Å²) in [6.45, 7) is 3.27. The van der Waals surface area contributed by atoms with Crippen molar-refractivity contribution < 1.29 is 14.3 Å². The van der Waals surface area contributed by atoms with Crippen molar-refractivity contribution in [1.82, 2.24) is 4.90 Å². The summed E-state index contributed by atoms with van der Waals surface area (Å²) >= 11 is 0. The molecular formula is C13H15N3O3. The number of carbonyl (C=O) groups excluding carboxylic acids is 2. The maximum Gasteiger partial charge on any atom is 0.300 e. The SMILES string of the molecule is Nc1ccc2c(c1)C(=O)C(=O)N2CN1CCOCC1. The molecule has 2 heterocycles. The van der Waals surface area contributed by atoms with Gasteiger partial charge in [-0.05, 0) is 18.2 Å². The number of nitrogen functional groups attached to an aromatic ring is 1. The Kier molecular flexibility index (Phi) is 2.96. The Balaban J connectivity index is 1.86. The summed E-state index contributed by atoms with van der Waals surface area (Å²) in [7, 11) is 0. The van der Waals surface area contributed by atoms with Crippen molar-refractivity contribution in [2.75, 3.05) is 43.6 Å². The number of amides is 1. The zero-order valence-electron chi connectivity index (χ0n) is 10.5. The highest BCUT2D eigenvalue weighted by Gasteiger charge is 2.36. The third-order valence-corrected chi connectivity index (χ3v) is 3.44. The van der Waals surface area contributed by atoms with E-state index in [1.807, 2.05) is 0 Å². The molecule has 0 radical (unpaired) electrons. The standard InChI is InChI=1S/C13H15N3O3/c14-9-1-2-11-10(7-9)12(17)13(18)16(11)8-15-3-5-19-6-4-15/h1-2,7H,3-6,8,14H2. The number of nitrogens with zero attached hydrogens (tertiary/aromatic N) is 2. The first-order chi connectivity index (χ1) is 9.16. The molecule has 6 heteroatoms. The van der Waals surface area contributed by atoms with Crippen LogP contribution in [0.3, 0.4) is 0 Å². The average molecular weight is 261 g/mol. The Morgan fingerprint density at radius 2 is 1.95 bits per heavy atom. The normalized spacial score (nSPS) is 19.9. The summed E-state index contributed by atoms with van der Waals surface area (Å²) in [4.78, 5) is 27.5. The van der Waals surface area contributed by atoms with E-state index in [1.165, 1.54) is 4.90 Å². The van der Waals surface area contributed by atoms with Gasteiger partial charge in [-0.15, -0.1) is 0 Å². The van der Waals surface area contributed by atoms with Gasteiger partial charge in [0, 0.05) is 18.8 Å². The predicted molar refractivity (Wildman–Crippen MR) is 69.9 cm³/mol. The lowest BCUT2D eigenvalue weighted by Crippen LogP contribution is -2.45. The smallest absolute Gasteiger partial charge is 0.300 e. The number of carbonyl (C=O) groups is 2. The van der Waals surface area contributed by atoms with E-state index in [0.717, 1.165) is 13.1 Å². The summed E-state index contributed by atoms with van der Waals surface area (Å²) in [6.07, 6.45) is 0. The lowest BCUT2D eigenvalue weighted by molar-refractivity contribution is -0.114. The maximum atomic E-state index is 12.0. The van der Waals surface area contributed by atoms with Crippen molar-refractivity contribution in [3.8, 4) is 0 Å². The van der Waals surface area contributed by atoms with Crippen LogP contribution in [0.2, 0.25) is 0 Å². The molecule has 0 saturated carbocycles. The van der Waals surface area contributed by atoms with Crippen LogP contribution in [0.4, 0.5) is 11.4 Å². The first-order valence-corrected chi connectivity index (χ1v) is 6.22. The fourth-order valence-corrected chi connectivity index (χ4v) is 2.40. The highest BCUT2D eigenvalue weighted by molar-refractivity contribution is 6.52. The third-order valence-electron chi connectivity index (χ3n) is 3.44. The van der Waals surface area contributed by atoms with E-state index in [2.05, 4.69) is 4.90 Å². The van der Waals surface area contributed by atoms with Crippen molar-refractivity contribution >= 4 is 23.1 Å². The highest BCUT2D eigenvalue weighted by Crippen LogP contribution is 2.30. The first-order valence-electron chi connectivity index (χ1n) is 6.22. The molecule has 1 amide bonds. The number of anilines is 2. The molecule has 2 N–H and O–H groups in total. The molecule has 1 saturated heterocycles. The molecule has 100 valence electrons. The van der Waals surface area contributed by atoms with E-state index in [9.17, 15) is 9.59 Å². The zero-order chi connectivity index (χ0) is 13.4. The summed E-state index contributed by atoms with van der Waals surface area (Å²) in [5, 5.41) is 0. The second-order valence-electron chi connectivity index (χ2n) is 4.71. The number of hydrogen-bond donors (Lipinski definition) is 1. The minimum Gasteiger partial charge on any atom is -0.399 e. The van der Waals surface area contributed by atoms with Crippen LogP contribution in [0.1, 0.15) is 10.4 Å². The van der Waals surface area contributed by atoms with Crippen LogP contribution in [0.25, 0.3) is 0 Å². The molecule has 6 nitrogen and oxygen atoms in total. The number of benzene rings is 1. The van der Waals surface area contributed by atoms with E-state index in [0.29, 0.717) is 36.8 Å². The van der Waals surface area contributed by atoms with Gasteiger partial charge < -0.3 is 10.5 Å². The Bertz CT molecular complexity index is 538. The fourth-order valence-electron chi connectivity index (χ4n) is 2.40. The molecule has 0 unspecified atom stereocenters. The van der Waals surface area contributed by atoms with Crippen molar-refractivity contribution in [2.24, 2.45) is 0 Å². The molecule has 0 bridgehead atoms. The van der Waals surface area contributed by atoms with Crippen molar-refractivity contribution in [1.29, 1.82) is 0 Å². The summed E-state index contributed by atoms with van der Waals surface area (Å²) in [5.41, 5.74) is 7.20. The van der Waals surface area contributed by atoms with Gasteiger partial charge in [0.15, 0.2) is 0 Å². The summed E-state index contributed by atoms with van der Waals surface area (Å²) in [6, 6.07) is 5.00. The van der Waals surface area contributed by atoms with Crippen LogP contribution in [-0.4, -0.2) is 49.6 Å². The maximum absolute atomic E-state index is 12.0. The quantitative estimate of drug-likeness (QED) is 0.603. The molecule has 2 aliphatic rings. The Labute approximate surface area is 110 Å². The van der Waals surface area contributed by atoms with Crippen LogP contribution in [0, 0.1) is 0 Å². The van der Waals surface area contributed by atoms with E-state index in [4.69, 9.17) is 10.5 Å². The summed E-state index contributed by atoms with van der Waals surface area (Å²) < 4.78 is 5.27. The topological polar surface area (TPSA) is 75.9 Å². The molecule has 3 rings (SSSR count). The van der Waals surface area contributed by atoms with E-state index >= 15 is 0 Å². The van der Waals surface area contributed by atoms with Crippen LogP contribution < -0.4 is 10.6 Å². The van der Waals surface area contributed by atoms with E-state index < -0.39 is 11.7 Å². The minimum atomic E-state index is -0.480.